The van der Waals surface area contributed by atoms with Crippen molar-refractivity contribution in [2.45, 2.75) is 17.4 Å². The van der Waals surface area contributed by atoms with E-state index in [1.54, 1.807) is 30.3 Å². The molecular weight excluding hydrogens is 351 g/mol. The summed E-state index contributed by atoms with van der Waals surface area (Å²) in [7, 11) is -3.18. The normalized spacial score (nSPS) is 18.0. The molecule has 7 heteroatoms. The summed E-state index contributed by atoms with van der Waals surface area (Å²) in [6, 6.07) is 11.8. The highest BCUT2D eigenvalue weighted by atomic mass is 35.5. The summed E-state index contributed by atoms with van der Waals surface area (Å²) in [5, 5.41) is 3.51. The lowest BCUT2D eigenvalue weighted by Gasteiger charge is -2.20. The molecule has 0 saturated carbocycles. The maximum atomic E-state index is 13.6. The number of hydrogen-bond donors (Lipinski definition) is 1. The van der Waals surface area contributed by atoms with E-state index in [-0.39, 0.29) is 11.1 Å². The topological polar surface area (TPSA) is 49.4 Å². The van der Waals surface area contributed by atoms with Gasteiger partial charge in [-0.15, -0.1) is 0 Å². The number of nitrogens with zero attached hydrogens (tertiary/aromatic N) is 1. The van der Waals surface area contributed by atoms with Gasteiger partial charge in [0, 0.05) is 36.8 Å². The van der Waals surface area contributed by atoms with E-state index in [2.05, 4.69) is 10.2 Å². The number of hydrogen-bond acceptors (Lipinski definition) is 4. The van der Waals surface area contributed by atoms with Crippen molar-refractivity contribution in [3.63, 3.8) is 0 Å². The van der Waals surface area contributed by atoms with Gasteiger partial charge in [-0.1, -0.05) is 11.6 Å². The fraction of sp³-hybridized carbons (Fsp3) is 0.294. The van der Waals surface area contributed by atoms with E-state index in [9.17, 15) is 12.8 Å². The van der Waals surface area contributed by atoms with Crippen molar-refractivity contribution in [3.8, 4) is 0 Å². The van der Waals surface area contributed by atoms with Crippen LogP contribution < -0.4 is 10.2 Å². The van der Waals surface area contributed by atoms with Crippen LogP contribution in [0.3, 0.4) is 0 Å². The van der Waals surface area contributed by atoms with Crippen molar-refractivity contribution in [2.24, 2.45) is 0 Å². The maximum Gasteiger partial charge on any atom is 0.175 e. The first-order valence-corrected chi connectivity index (χ1v) is 9.86. The zero-order valence-electron chi connectivity index (χ0n) is 13.2. The number of benzene rings is 2. The number of halogens is 2. The molecule has 0 amide bonds. The maximum absolute atomic E-state index is 13.6. The fourth-order valence-corrected chi connectivity index (χ4v) is 3.58. The molecule has 0 aliphatic carbocycles. The SMILES string of the molecule is CS(=O)(=O)c1ccc(NC2CCN(c3ccc(Cl)c(F)c3)C2)cc1. The van der Waals surface area contributed by atoms with Crippen molar-refractivity contribution in [2.75, 3.05) is 29.6 Å². The van der Waals surface area contributed by atoms with Gasteiger partial charge in [-0.2, -0.15) is 0 Å². The third-order valence-corrected chi connectivity index (χ3v) is 5.54. The largest absolute Gasteiger partial charge is 0.380 e. The number of sulfone groups is 1. The van der Waals surface area contributed by atoms with Crippen LogP contribution in [0.2, 0.25) is 5.02 Å². The second kappa shape index (κ2) is 6.61. The van der Waals surface area contributed by atoms with E-state index >= 15 is 0 Å². The minimum Gasteiger partial charge on any atom is -0.380 e. The molecule has 0 bridgehead atoms. The van der Waals surface area contributed by atoms with Crippen molar-refractivity contribution >= 4 is 32.8 Å². The van der Waals surface area contributed by atoms with Crippen LogP contribution in [0, 0.1) is 5.82 Å². The van der Waals surface area contributed by atoms with Gasteiger partial charge in [0.05, 0.1) is 9.92 Å². The Bertz CT molecular complexity index is 840. The van der Waals surface area contributed by atoms with Crippen LogP contribution in [-0.2, 0) is 9.84 Å². The first-order valence-electron chi connectivity index (χ1n) is 7.59. The standard InChI is InChI=1S/C17H18ClFN2O2S/c1-24(22,23)15-5-2-12(3-6-15)20-13-8-9-21(11-13)14-4-7-16(18)17(19)10-14/h2-7,10,13,20H,8-9,11H2,1H3. The molecule has 0 radical (unpaired) electrons. The van der Waals surface area contributed by atoms with E-state index in [4.69, 9.17) is 11.6 Å². The predicted molar refractivity (Wildman–Crippen MR) is 95.2 cm³/mol. The smallest absolute Gasteiger partial charge is 0.175 e. The van der Waals surface area contributed by atoms with Crippen LogP contribution in [-0.4, -0.2) is 33.8 Å². The second-order valence-electron chi connectivity index (χ2n) is 5.97. The second-order valence-corrected chi connectivity index (χ2v) is 8.39. The summed E-state index contributed by atoms with van der Waals surface area (Å²) < 4.78 is 36.5. The highest BCUT2D eigenvalue weighted by molar-refractivity contribution is 7.90. The molecule has 1 N–H and O–H groups in total. The summed E-state index contributed by atoms with van der Waals surface area (Å²) in [5.41, 5.74) is 1.69. The van der Waals surface area contributed by atoms with Crippen molar-refractivity contribution < 1.29 is 12.8 Å². The van der Waals surface area contributed by atoms with Crippen LogP contribution in [0.5, 0.6) is 0 Å². The van der Waals surface area contributed by atoms with Crippen LogP contribution in [0.4, 0.5) is 15.8 Å². The monoisotopic (exact) mass is 368 g/mol. The average Bonchev–Trinajstić information content (AvgIpc) is 2.98. The van der Waals surface area contributed by atoms with E-state index in [0.29, 0.717) is 4.90 Å². The molecule has 1 aliphatic rings. The lowest BCUT2D eigenvalue weighted by atomic mass is 10.2. The molecule has 1 fully saturated rings. The molecule has 1 aliphatic heterocycles. The summed E-state index contributed by atoms with van der Waals surface area (Å²) >= 11 is 5.72. The van der Waals surface area contributed by atoms with Gasteiger partial charge in [0.15, 0.2) is 9.84 Å². The van der Waals surface area contributed by atoms with Crippen molar-refractivity contribution in [3.05, 3.63) is 53.3 Å². The van der Waals surface area contributed by atoms with E-state index < -0.39 is 15.7 Å². The Morgan fingerprint density at radius 2 is 1.92 bits per heavy atom. The molecule has 1 saturated heterocycles. The zero-order chi connectivity index (χ0) is 17.3. The molecule has 4 nitrogen and oxygen atoms in total. The Hall–Kier alpha value is -1.79. The lowest BCUT2D eigenvalue weighted by molar-refractivity contribution is 0.602. The van der Waals surface area contributed by atoms with Crippen LogP contribution in [0.25, 0.3) is 0 Å². The quantitative estimate of drug-likeness (QED) is 0.896. The fourth-order valence-electron chi connectivity index (χ4n) is 2.83. The summed E-state index contributed by atoms with van der Waals surface area (Å²) in [6.45, 7) is 1.56. The van der Waals surface area contributed by atoms with Crippen LogP contribution in [0.1, 0.15) is 6.42 Å². The Morgan fingerprint density at radius 1 is 1.21 bits per heavy atom. The van der Waals surface area contributed by atoms with Gasteiger partial charge < -0.3 is 10.2 Å². The van der Waals surface area contributed by atoms with Gasteiger partial charge in [-0.3, -0.25) is 0 Å². The minimum absolute atomic E-state index is 0.124. The molecular formula is C17H18ClFN2O2S. The van der Waals surface area contributed by atoms with Gasteiger partial charge in [-0.25, -0.2) is 12.8 Å². The van der Waals surface area contributed by atoms with Gasteiger partial charge in [0.2, 0.25) is 0 Å². The third-order valence-electron chi connectivity index (χ3n) is 4.11. The molecule has 0 spiro atoms. The molecule has 2 aromatic carbocycles. The summed E-state index contributed by atoms with van der Waals surface area (Å²) in [4.78, 5) is 2.40. The molecule has 3 rings (SSSR count). The highest BCUT2D eigenvalue weighted by Crippen LogP contribution is 2.26. The first-order chi connectivity index (χ1) is 11.3. The van der Waals surface area contributed by atoms with Crippen LogP contribution >= 0.6 is 11.6 Å². The Kier molecular flexibility index (Phi) is 4.69. The minimum atomic E-state index is -3.18. The molecule has 1 heterocycles. The molecule has 1 unspecified atom stereocenters. The van der Waals surface area contributed by atoms with Crippen LogP contribution in [0.15, 0.2) is 47.4 Å². The van der Waals surface area contributed by atoms with Gasteiger partial charge in [0.25, 0.3) is 0 Å². The van der Waals surface area contributed by atoms with Crippen molar-refractivity contribution in [1.29, 1.82) is 0 Å². The average molecular weight is 369 g/mol. The van der Waals surface area contributed by atoms with Gasteiger partial charge >= 0.3 is 0 Å². The highest BCUT2D eigenvalue weighted by Gasteiger charge is 2.23. The number of anilines is 2. The molecule has 24 heavy (non-hydrogen) atoms. The number of nitrogens with one attached hydrogen (secondary N) is 1. The van der Waals surface area contributed by atoms with E-state index in [1.165, 1.54) is 12.3 Å². The predicted octanol–water partition coefficient (Wildman–Crippen LogP) is 3.57. The molecule has 1 atom stereocenters. The van der Waals surface area contributed by atoms with Gasteiger partial charge in [-0.05, 0) is 48.9 Å². The van der Waals surface area contributed by atoms with E-state index in [1.807, 2.05) is 6.07 Å². The molecule has 2 aromatic rings. The van der Waals surface area contributed by atoms with Crippen molar-refractivity contribution in [1.82, 2.24) is 0 Å². The molecule has 128 valence electrons. The van der Waals surface area contributed by atoms with E-state index in [0.717, 1.165) is 30.9 Å². The lowest BCUT2D eigenvalue weighted by Crippen LogP contribution is -2.26. The summed E-state index contributed by atoms with van der Waals surface area (Å²) in [6.07, 6.45) is 2.10. The Balaban J connectivity index is 1.64. The first kappa shape index (κ1) is 17.0. The Labute approximate surface area is 146 Å². The third kappa shape index (κ3) is 3.82. The molecule has 0 aromatic heterocycles. The zero-order valence-corrected chi connectivity index (χ0v) is 14.7. The summed E-state index contributed by atoms with van der Waals surface area (Å²) in [5.74, 6) is -0.415. The Morgan fingerprint density at radius 3 is 2.54 bits per heavy atom. The number of rotatable bonds is 4. The van der Waals surface area contributed by atoms with Gasteiger partial charge in [0.1, 0.15) is 5.82 Å².